The molecule has 5 nitrogen and oxygen atoms in total. The summed E-state index contributed by atoms with van der Waals surface area (Å²) >= 11 is 0. The number of carbonyl (C=O) groups excluding carboxylic acids is 1. The number of nitrogens with zero attached hydrogens (tertiary/aromatic N) is 1. The van der Waals surface area contributed by atoms with Crippen molar-refractivity contribution in [3.8, 4) is 0 Å². The number of piperidine rings is 1. The number of aliphatic carboxylic acids is 1. The summed E-state index contributed by atoms with van der Waals surface area (Å²) in [5, 5.41) is 12.2. The van der Waals surface area contributed by atoms with E-state index >= 15 is 0 Å². The van der Waals surface area contributed by atoms with Gasteiger partial charge in [0.1, 0.15) is 0 Å². The molecule has 0 aromatic carbocycles. The third-order valence-corrected chi connectivity index (χ3v) is 5.07. The Kier molecular flexibility index (Phi) is 5.48. The SMILES string of the molecule is CC1CCCC(NC(=O)N2CCC(C(=O)O)CC2C)CC1. The van der Waals surface area contributed by atoms with Crippen LogP contribution in [0.3, 0.4) is 0 Å². The highest BCUT2D eigenvalue weighted by atomic mass is 16.4. The zero-order chi connectivity index (χ0) is 15.4. The molecule has 0 radical (unpaired) electrons. The zero-order valence-electron chi connectivity index (χ0n) is 13.2. The van der Waals surface area contributed by atoms with Gasteiger partial charge in [0.15, 0.2) is 0 Å². The van der Waals surface area contributed by atoms with E-state index in [1.165, 1.54) is 19.3 Å². The third-order valence-electron chi connectivity index (χ3n) is 5.07. The van der Waals surface area contributed by atoms with Crippen LogP contribution in [-0.4, -0.2) is 40.6 Å². The van der Waals surface area contributed by atoms with E-state index in [4.69, 9.17) is 5.11 Å². The van der Waals surface area contributed by atoms with Gasteiger partial charge in [0, 0.05) is 18.6 Å². The van der Waals surface area contributed by atoms with E-state index in [0.29, 0.717) is 19.4 Å². The average Bonchev–Trinajstić information content (AvgIpc) is 2.63. The van der Waals surface area contributed by atoms with Gasteiger partial charge in [0.25, 0.3) is 0 Å². The van der Waals surface area contributed by atoms with Crippen molar-refractivity contribution in [2.45, 2.75) is 70.9 Å². The standard InChI is InChI=1S/C16H28N2O3/c1-11-4-3-5-14(7-6-11)17-16(21)18-9-8-13(15(19)20)10-12(18)2/h11-14H,3-10H2,1-2H3,(H,17,21)(H,19,20). The molecular weight excluding hydrogens is 268 g/mol. The first-order valence-corrected chi connectivity index (χ1v) is 8.27. The second-order valence-electron chi connectivity index (χ2n) is 6.86. The van der Waals surface area contributed by atoms with E-state index in [9.17, 15) is 9.59 Å². The van der Waals surface area contributed by atoms with Crippen LogP contribution in [0.25, 0.3) is 0 Å². The molecule has 2 aliphatic rings. The van der Waals surface area contributed by atoms with Gasteiger partial charge in [-0.1, -0.05) is 19.8 Å². The highest BCUT2D eigenvalue weighted by Crippen LogP contribution is 2.25. The molecule has 2 N–H and O–H groups in total. The molecule has 2 fully saturated rings. The van der Waals surface area contributed by atoms with Crippen molar-refractivity contribution in [1.29, 1.82) is 0 Å². The van der Waals surface area contributed by atoms with Crippen molar-refractivity contribution in [1.82, 2.24) is 10.2 Å². The molecule has 4 atom stereocenters. The van der Waals surface area contributed by atoms with Gasteiger partial charge >= 0.3 is 12.0 Å². The molecule has 2 amide bonds. The Morgan fingerprint density at radius 1 is 1.10 bits per heavy atom. The van der Waals surface area contributed by atoms with Crippen molar-refractivity contribution in [2.75, 3.05) is 6.54 Å². The second kappa shape index (κ2) is 7.14. The lowest BCUT2D eigenvalue weighted by atomic mass is 9.92. The van der Waals surface area contributed by atoms with Crippen molar-refractivity contribution >= 4 is 12.0 Å². The van der Waals surface area contributed by atoms with Crippen LogP contribution in [0.5, 0.6) is 0 Å². The Morgan fingerprint density at radius 2 is 1.86 bits per heavy atom. The van der Waals surface area contributed by atoms with E-state index in [0.717, 1.165) is 18.8 Å². The maximum Gasteiger partial charge on any atom is 0.317 e. The smallest absolute Gasteiger partial charge is 0.317 e. The van der Waals surface area contributed by atoms with Crippen molar-refractivity contribution in [3.05, 3.63) is 0 Å². The number of likely N-dealkylation sites (tertiary alicyclic amines) is 1. The van der Waals surface area contributed by atoms with Gasteiger partial charge in [0.05, 0.1) is 5.92 Å². The van der Waals surface area contributed by atoms with Crippen LogP contribution >= 0.6 is 0 Å². The monoisotopic (exact) mass is 296 g/mol. The summed E-state index contributed by atoms with van der Waals surface area (Å²) in [6.45, 7) is 4.78. The van der Waals surface area contributed by atoms with Crippen molar-refractivity contribution in [2.24, 2.45) is 11.8 Å². The highest BCUT2D eigenvalue weighted by Gasteiger charge is 2.33. The molecule has 120 valence electrons. The Hall–Kier alpha value is -1.26. The molecule has 1 aliphatic carbocycles. The molecule has 21 heavy (non-hydrogen) atoms. The van der Waals surface area contributed by atoms with E-state index in [1.54, 1.807) is 0 Å². The molecule has 4 unspecified atom stereocenters. The van der Waals surface area contributed by atoms with Crippen LogP contribution in [-0.2, 0) is 4.79 Å². The molecule has 0 bridgehead atoms. The second-order valence-corrected chi connectivity index (χ2v) is 6.86. The Balaban J connectivity index is 1.84. The number of amides is 2. The molecule has 1 heterocycles. The van der Waals surface area contributed by atoms with E-state index in [1.807, 2.05) is 11.8 Å². The summed E-state index contributed by atoms with van der Waals surface area (Å²) in [6.07, 6.45) is 6.87. The van der Waals surface area contributed by atoms with Gasteiger partial charge in [-0.15, -0.1) is 0 Å². The Morgan fingerprint density at radius 3 is 2.52 bits per heavy atom. The van der Waals surface area contributed by atoms with E-state index in [-0.39, 0.29) is 24.0 Å². The van der Waals surface area contributed by atoms with E-state index < -0.39 is 5.97 Å². The summed E-state index contributed by atoms with van der Waals surface area (Å²) in [7, 11) is 0. The molecule has 5 heteroatoms. The number of hydrogen-bond donors (Lipinski definition) is 2. The lowest BCUT2D eigenvalue weighted by Gasteiger charge is -2.37. The maximum absolute atomic E-state index is 12.4. The first-order valence-electron chi connectivity index (χ1n) is 8.27. The molecule has 0 spiro atoms. The molecule has 1 saturated carbocycles. The van der Waals surface area contributed by atoms with Crippen LogP contribution < -0.4 is 5.32 Å². The van der Waals surface area contributed by atoms with Gasteiger partial charge in [0.2, 0.25) is 0 Å². The number of nitrogens with one attached hydrogen (secondary N) is 1. The first kappa shape index (κ1) is 16.1. The molecule has 1 saturated heterocycles. The molecular formula is C16H28N2O3. The first-order chi connectivity index (χ1) is 9.97. The summed E-state index contributed by atoms with van der Waals surface area (Å²) in [4.78, 5) is 25.3. The minimum Gasteiger partial charge on any atom is -0.481 e. The van der Waals surface area contributed by atoms with Crippen LogP contribution in [0.1, 0.15) is 58.8 Å². The lowest BCUT2D eigenvalue weighted by molar-refractivity contribution is -0.143. The minimum absolute atomic E-state index is 0.00421. The number of rotatable bonds is 2. The van der Waals surface area contributed by atoms with Gasteiger partial charge in [-0.25, -0.2) is 4.79 Å². The number of carboxylic acid groups (broad SMARTS) is 1. The highest BCUT2D eigenvalue weighted by molar-refractivity contribution is 5.76. The normalized spacial score (nSPS) is 34.1. The molecule has 0 aromatic heterocycles. The largest absolute Gasteiger partial charge is 0.481 e. The van der Waals surface area contributed by atoms with Crippen LogP contribution in [0.15, 0.2) is 0 Å². The summed E-state index contributed by atoms with van der Waals surface area (Å²) < 4.78 is 0. The number of urea groups is 1. The lowest BCUT2D eigenvalue weighted by Crippen LogP contribution is -2.52. The quantitative estimate of drug-likeness (QED) is 0.770. The fourth-order valence-corrected chi connectivity index (χ4v) is 3.59. The zero-order valence-corrected chi connectivity index (χ0v) is 13.2. The molecule has 1 aliphatic heterocycles. The maximum atomic E-state index is 12.4. The summed E-state index contributed by atoms with van der Waals surface area (Å²) in [5.74, 6) is -0.278. The van der Waals surface area contributed by atoms with Crippen LogP contribution in [0.4, 0.5) is 4.79 Å². The average molecular weight is 296 g/mol. The Labute approximate surface area is 127 Å². The Bertz CT molecular complexity index is 386. The summed E-state index contributed by atoms with van der Waals surface area (Å²) in [6, 6.07) is 0.280. The van der Waals surface area contributed by atoms with Crippen LogP contribution in [0, 0.1) is 11.8 Å². The van der Waals surface area contributed by atoms with Crippen molar-refractivity contribution in [3.63, 3.8) is 0 Å². The van der Waals surface area contributed by atoms with E-state index in [2.05, 4.69) is 12.2 Å². The van der Waals surface area contributed by atoms with Gasteiger partial charge in [-0.05, 0) is 44.9 Å². The minimum atomic E-state index is -0.736. The number of carboxylic acids is 1. The third kappa shape index (κ3) is 4.35. The van der Waals surface area contributed by atoms with Crippen molar-refractivity contribution < 1.29 is 14.7 Å². The number of carbonyl (C=O) groups is 2. The van der Waals surface area contributed by atoms with Gasteiger partial charge < -0.3 is 15.3 Å². The molecule has 2 rings (SSSR count). The fraction of sp³-hybridized carbons (Fsp3) is 0.875. The predicted molar refractivity (Wildman–Crippen MR) is 81.1 cm³/mol. The van der Waals surface area contributed by atoms with Gasteiger partial charge in [-0.3, -0.25) is 4.79 Å². The fourth-order valence-electron chi connectivity index (χ4n) is 3.59. The van der Waals surface area contributed by atoms with Crippen LogP contribution in [0.2, 0.25) is 0 Å². The topological polar surface area (TPSA) is 69.6 Å². The number of hydrogen-bond acceptors (Lipinski definition) is 2. The molecule has 0 aromatic rings. The van der Waals surface area contributed by atoms with Gasteiger partial charge in [-0.2, -0.15) is 0 Å². The predicted octanol–water partition coefficient (Wildman–Crippen LogP) is 2.85. The summed E-state index contributed by atoms with van der Waals surface area (Å²) in [5.41, 5.74) is 0.